The molecule has 13 rings (SSSR count). The van der Waals surface area contributed by atoms with Gasteiger partial charge >= 0.3 is 0 Å². The molecule has 10 aromatic rings. The summed E-state index contributed by atoms with van der Waals surface area (Å²) in [7, 11) is 0. The zero-order valence-corrected chi connectivity index (χ0v) is 31.5. The molecule has 5 nitrogen and oxygen atoms in total. The molecule has 2 aliphatic heterocycles. The van der Waals surface area contributed by atoms with Crippen LogP contribution in [0.15, 0.2) is 190 Å². The third kappa shape index (κ3) is 4.30. The minimum Gasteiger partial charge on any atom is -0.456 e. The number of furan rings is 1. The van der Waals surface area contributed by atoms with Gasteiger partial charge < -0.3 is 8.98 Å². The number of hydrazine groups is 1. The van der Waals surface area contributed by atoms with Gasteiger partial charge in [0.15, 0.2) is 0 Å². The maximum absolute atomic E-state index is 6.37. The summed E-state index contributed by atoms with van der Waals surface area (Å²) in [5, 5.41) is 8.54. The fraction of sp³-hybridized carbons (Fsp3) is 0.0588. The first-order valence-electron chi connectivity index (χ1n) is 19.6. The highest BCUT2D eigenvalue weighted by Crippen LogP contribution is 2.62. The van der Waals surface area contributed by atoms with Gasteiger partial charge in [-0.1, -0.05) is 139 Å². The molecule has 2 aromatic heterocycles. The number of hydrogen-bond donors (Lipinski definition) is 3. The largest absolute Gasteiger partial charge is 0.456 e. The van der Waals surface area contributed by atoms with Crippen molar-refractivity contribution in [1.29, 1.82) is 0 Å². The number of rotatable bonds is 3. The van der Waals surface area contributed by atoms with Crippen molar-refractivity contribution in [3.05, 3.63) is 209 Å². The smallest absolute Gasteiger partial charge is 0.141 e. The molecule has 2 unspecified atom stereocenters. The highest BCUT2D eigenvalue weighted by Gasteiger charge is 2.50. The van der Waals surface area contributed by atoms with Crippen LogP contribution in [0, 0.1) is 0 Å². The SMILES string of the molecule is c1ccc2c(c1)Sc1ccccc1C21c2ccccc2-c2cc3c4ccccc4n(-c4ccc(C5NNC(c6cccc7c6oc6ccccc67)N5)cc4)c3cc21. The van der Waals surface area contributed by atoms with E-state index in [4.69, 9.17) is 4.42 Å². The fourth-order valence-corrected chi connectivity index (χ4v) is 11.4. The van der Waals surface area contributed by atoms with Gasteiger partial charge in [-0.25, -0.2) is 10.9 Å². The van der Waals surface area contributed by atoms with Gasteiger partial charge in [-0.2, -0.15) is 0 Å². The summed E-state index contributed by atoms with van der Waals surface area (Å²) in [6.45, 7) is 0. The lowest BCUT2D eigenvalue weighted by Gasteiger charge is -2.39. The summed E-state index contributed by atoms with van der Waals surface area (Å²) in [5.41, 5.74) is 22.2. The number of fused-ring (bicyclic) bond motifs is 15. The van der Waals surface area contributed by atoms with Crippen LogP contribution in [-0.4, -0.2) is 4.57 Å². The average Bonchev–Trinajstić information content (AvgIpc) is 4.05. The highest BCUT2D eigenvalue weighted by atomic mass is 32.2. The Morgan fingerprint density at radius 1 is 0.491 bits per heavy atom. The van der Waals surface area contributed by atoms with Gasteiger partial charge in [0, 0.05) is 42.6 Å². The zero-order chi connectivity index (χ0) is 37.2. The maximum Gasteiger partial charge on any atom is 0.141 e. The number of hydrogen-bond acceptors (Lipinski definition) is 5. The summed E-state index contributed by atoms with van der Waals surface area (Å²) in [6, 6.07) is 64.6. The van der Waals surface area contributed by atoms with Crippen LogP contribution in [0.3, 0.4) is 0 Å². The fourth-order valence-electron chi connectivity index (χ4n) is 10.2. The van der Waals surface area contributed by atoms with Crippen LogP contribution in [0.25, 0.3) is 60.6 Å². The number of benzene rings is 8. The lowest BCUT2D eigenvalue weighted by atomic mass is 9.67. The van der Waals surface area contributed by atoms with E-state index in [1.807, 2.05) is 23.9 Å². The van der Waals surface area contributed by atoms with Crippen LogP contribution < -0.4 is 16.2 Å². The minimum atomic E-state index is -0.431. The Morgan fingerprint density at radius 3 is 1.98 bits per heavy atom. The molecule has 0 amide bonds. The van der Waals surface area contributed by atoms with Gasteiger partial charge in [0.1, 0.15) is 17.3 Å². The molecule has 3 N–H and O–H groups in total. The number of aromatic nitrogens is 1. The van der Waals surface area contributed by atoms with Gasteiger partial charge in [0.2, 0.25) is 0 Å². The normalized spacial score (nSPS) is 17.7. The third-order valence-electron chi connectivity index (χ3n) is 12.6. The average molecular weight is 751 g/mol. The third-order valence-corrected chi connectivity index (χ3v) is 13.7. The maximum atomic E-state index is 6.37. The van der Waals surface area contributed by atoms with E-state index in [0.717, 1.165) is 38.8 Å². The molecule has 0 saturated carbocycles. The second kappa shape index (κ2) is 11.8. The Bertz CT molecular complexity index is 3240. The molecular weight excluding hydrogens is 717 g/mol. The molecule has 1 fully saturated rings. The Hall–Kier alpha value is -6.41. The Labute approximate surface area is 332 Å². The quantitative estimate of drug-likeness (QED) is 0.168. The highest BCUT2D eigenvalue weighted by molar-refractivity contribution is 7.99. The van der Waals surface area contributed by atoms with E-state index in [1.165, 1.54) is 65.0 Å². The van der Waals surface area contributed by atoms with Crippen LogP contribution in [0.4, 0.5) is 0 Å². The lowest BCUT2D eigenvalue weighted by Crippen LogP contribution is -2.31. The number of nitrogens with one attached hydrogen (secondary N) is 3. The van der Waals surface area contributed by atoms with Crippen LogP contribution in [0.5, 0.6) is 0 Å². The van der Waals surface area contributed by atoms with Gasteiger partial charge in [-0.15, -0.1) is 0 Å². The standard InChI is InChI=1S/C51H34N4OS/c1-4-17-39-32(12-1)37-28-38-33-13-2-7-20-43(33)55(44(38)29-42(37)51(39)40-18-5-9-22-46(40)57-47-23-10-6-19-41(47)51)31-26-24-30(25-27-31)49-52-50(54-53-49)36-16-11-15-35-34-14-3-8-21-45(34)56-48(35)36/h1-29,49-50,52-54H. The molecular formula is C51H34N4OS. The first kappa shape index (κ1) is 31.8. The van der Waals surface area contributed by atoms with Crippen LogP contribution >= 0.6 is 11.8 Å². The van der Waals surface area contributed by atoms with Crippen LogP contribution in [-0.2, 0) is 5.41 Å². The predicted octanol–water partition coefficient (Wildman–Crippen LogP) is 11.9. The van der Waals surface area contributed by atoms with Crippen molar-refractivity contribution in [2.45, 2.75) is 27.5 Å². The van der Waals surface area contributed by atoms with Crippen molar-refractivity contribution >= 4 is 55.5 Å². The Morgan fingerprint density at radius 2 is 1.16 bits per heavy atom. The minimum absolute atomic E-state index is 0.0900. The monoisotopic (exact) mass is 750 g/mol. The lowest BCUT2D eigenvalue weighted by molar-refractivity contribution is 0.545. The van der Waals surface area contributed by atoms with Crippen molar-refractivity contribution in [1.82, 2.24) is 20.7 Å². The Balaban J connectivity index is 0.946. The molecule has 4 heterocycles. The second-order valence-electron chi connectivity index (χ2n) is 15.4. The molecule has 2 atom stereocenters. The van der Waals surface area contributed by atoms with Gasteiger partial charge in [0.05, 0.1) is 22.6 Å². The summed E-state index contributed by atoms with van der Waals surface area (Å²) < 4.78 is 8.83. The number of para-hydroxylation sites is 3. The molecule has 8 aromatic carbocycles. The molecule has 1 saturated heterocycles. The molecule has 1 aliphatic carbocycles. The Kier molecular flexibility index (Phi) is 6.58. The van der Waals surface area contributed by atoms with Gasteiger partial charge in [0.25, 0.3) is 0 Å². The van der Waals surface area contributed by atoms with E-state index >= 15 is 0 Å². The van der Waals surface area contributed by atoms with Gasteiger partial charge in [-0.05, 0) is 87.5 Å². The van der Waals surface area contributed by atoms with Crippen LogP contribution in [0.2, 0.25) is 0 Å². The summed E-state index contributed by atoms with van der Waals surface area (Å²) >= 11 is 1.89. The van der Waals surface area contributed by atoms with E-state index in [-0.39, 0.29) is 12.3 Å². The van der Waals surface area contributed by atoms with E-state index in [0.29, 0.717) is 0 Å². The molecule has 1 spiro atoms. The number of nitrogens with zero attached hydrogens (tertiary/aromatic N) is 1. The molecule has 3 aliphatic rings. The van der Waals surface area contributed by atoms with Gasteiger partial charge in [-0.3, -0.25) is 5.32 Å². The summed E-state index contributed by atoms with van der Waals surface area (Å²) in [5.74, 6) is 0. The summed E-state index contributed by atoms with van der Waals surface area (Å²) in [4.78, 5) is 2.63. The van der Waals surface area contributed by atoms with E-state index in [2.05, 4.69) is 185 Å². The molecule has 0 radical (unpaired) electrons. The first-order chi connectivity index (χ1) is 28.3. The molecule has 57 heavy (non-hydrogen) atoms. The van der Waals surface area contributed by atoms with Crippen molar-refractivity contribution in [3.63, 3.8) is 0 Å². The predicted molar refractivity (Wildman–Crippen MR) is 231 cm³/mol. The van der Waals surface area contributed by atoms with Crippen LogP contribution in [0.1, 0.15) is 45.7 Å². The summed E-state index contributed by atoms with van der Waals surface area (Å²) in [6.07, 6.45) is -0.212. The van der Waals surface area contributed by atoms with E-state index in [9.17, 15) is 0 Å². The second-order valence-corrected chi connectivity index (χ2v) is 16.5. The van der Waals surface area contributed by atoms with Crippen molar-refractivity contribution in [2.24, 2.45) is 0 Å². The van der Waals surface area contributed by atoms with Crippen molar-refractivity contribution < 1.29 is 4.42 Å². The van der Waals surface area contributed by atoms with E-state index in [1.54, 1.807) is 0 Å². The van der Waals surface area contributed by atoms with E-state index < -0.39 is 5.41 Å². The van der Waals surface area contributed by atoms with Crippen molar-refractivity contribution in [3.8, 4) is 16.8 Å². The molecule has 0 bridgehead atoms. The topological polar surface area (TPSA) is 54.2 Å². The zero-order valence-electron chi connectivity index (χ0n) is 30.7. The van der Waals surface area contributed by atoms with Crippen molar-refractivity contribution in [2.75, 3.05) is 0 Å². The first-order valence-corrected chi connectivity index (χ1v) is 20.4. The molecule has 270 valence electrons. The molecule has 6 heteroatoms.